The van der Waals surface area contributed by atoms with Crippen molar-refractivity contribution in [3.63, 3.8) is 0 Å². The number of amides is 3. The molecule has 0 saturated carbocycles. The number of aromatic nitrogens is 4. The number of thiophene rings is 2. The van der Waals surface area contributed by atoms with Crippen molar-refractivity contribution in [2.24, 2.45) is 0 Å². The molecule has 0 saturated heterocycles. The van der Waals surface area contributed by atoms with Crippen molar-refractivity contribution >= 4 is 106 Å². The van der Waals surface area contributed by atoms with Crippen molar-refractivity contribution in [1.82, 2.24) is 23.6 Å². The van der Waals surface area contributed by atoms with Gasteiger partial charge in [-0.05, 0) is 71.4 Å². The highest BCUT2D eigenvalue weighted by atomic mass is 79.9. The van der Waals surface area contributed by atoms with Gasteiger partial charge in [0.25, 0.3) is 11.8 Å². The van der Waals surface area contributed by atoms with Crippen molar-refractivity contribution in [3.05, 3.63) is 92.5 Å². The predicted molar refractivity (Wildman–Crippen MR) is 203 cm³/mol. The van der Waals surface area contributed by atoms with E-state index in [1.807, 2.05) is 59.3 Å². The van der Waals surface area contributed by atoms with Crippen molar-refractivity contribution in [2.75, 3.05) is 37.9 Å². The molecule has 6 aromatic rings. The fraction of sp³-hybridized carbons (Fsp3) is 0.129. The first-order chi connectivity index (χ1) is 23.7. The summed E-state index contributed by atoms with van der Waals surface area (Å²) in [6.07, 6.45) is 0.750. The fourth-order valence-corrected chi connectivity index (χ4v) is 6.39. The molecule has 0 bridgehead atoms. The molecule has 0 aliphatic heterocycles. The van der Waals surface area contributed by atoms with Gasteiger partial charge in [-0.2, -0.15) is 18.7 Å². The topological polar surface area (TPSA) is 149 Å². The van der Waals surface area contributed by atoms with Crippen LogP contribution in [0.25, 0.3) is 21.4 Å². The summed E-state index contributed by atoms with van der Waals surface area (Å²) in [6, 6.07) is 22.3. The Kier molecular flexibility index (Phi) is 15.3. The summed E-state index contributed by atoms with van der Waals surface area (Å²) in [4.78, 5) is 45.1. The molecule has 0 fully saturated rings. The van der Waals surface area contributed by atoms with Crippen LogP contribution in [0.4, 0.5) is 10.3 Å². The van der Waals surface area contributed by atoms with Gasteiger partial charge in [0.15, 0.2) is 24.9 Å². The summed E-state index contributed by atoms with van der Waals surface area (Å²) in [5.74, 6) is 1.99. The second-order valence-corrected chi connectivity index (χ2v) is 14.7. The second kappa shape index (κ2) is 19.8. The van der Waals surface area contributed by atoms with Gasteiger partial charge in [0, 0.05) is 46.1 Å². The van der Waals surface area contributed by atoms with Crippen molar-refractivity contribution in [1.29, 1.82) is 0 Å². The van der Waals surface area contributed by atoms with E-state index in [-0.39, 0.29) is 25.0 Å². The highest BCUT2D eigenvalue weighted by molar-refractivity contribution is 9.10. The van der Waals surface area contributed by atoms with Crippen LogP contribution in [-0.2, 0) is 14.4 Å². The van der Waals surface area contributed by atoms with Crippen LogP contribution in [0.3, 0.4) is 0 Å². The lowest BCUT2D eigenvalue weighted by Gasteiger charge is -2.05. The van der Waals surface area contributed by atoms with Crippen molar-refractivity contribution in [2.45, 2.75) is 0 Å². The van der Waals surface area contributed by atoms with E-state index in [4.69, 9.17) is 9.47 Å². The molecule has 0 aliphatic carbocycles. The van der Waals surface area contributed by atoms with Crippen LogP contribution in [0.1, 0.15) is 0 Å². The van der Waals surface area contributed by atoms with Crippen LogP contribution in [0.2, 0.25) is 0 Å². The van der Waals surface area contributed by atoms with Crippen LogP contribution in [0.5, 0.6) is 11.5 Å². The van der Waals surface area contributed by atoms with E-state index in [0.717, 1.165) is 48.2 Å². The minimum atomic E-state index is -0.267. The zero-order valence-electron chi connectivity index (χ0n) is 25.7. The lowest BCUT2D eigenvalue weighted by atomic mass is 10.3. The number of nitrogens with one attached hydrogen (secondary N) is 2. The number of anilines is 2. The monoisotopic (exact) mass is 863 g/mol. The molecule has 49 heavy (non-hydrogen) atoms. The molecule has 0 atom stereocenters. The lowest BCUT2D eigenvalue weighted by Crippen LogP contribution is -2.20. The number of halogens is 2. The Morgan fingerprint density at radius 3 is 1.43 bits per heavy atom. The van der Waals surface area contributed by atoms with E-state index in [1.54, 1.807) is 61.0 Å². The van der Waals surface area contributed by atoms with Gasteiger partial charge in [-0.25, -0.2) is 0 Å². The van der Waals surface area contributed by atoms with Crippen LogP contribution < -0.4 is 20.1 Å². The van der Waals surface area contributed by atoms with Gasteiger partial charge in [0.1, 0.15) is 11.5 Å². The Morgan fingerprint density at radius 1 is 0.714 bits per heavy atom. The van der Waals surface area contributed by atoms with Crippen molar-refractivity contribution in [3.8, 4) is 32.9 Å². The minimum absolute atomic E-state index is 0.0739. The average Bonchev–Trinajstić information content (AvgIpc) is 3.93. The molecule has 4 aromatic heterocycles. The maximum Gasteiger partial charge on any atom is 0.264 e. The minimum Gasteiger partial charge on any atom is -0.484 e. The number of ether oxygens (including phenoxy) is 2. The molecular formula is C31H27Br2N7O5S4. The molecule has 0 spiro atoms. The number of rotatable bonds is 11. The quantitative estimate of drug-likeness (QED) is 0.125. The first kappa shape index (κ1) is 37.7. The van der Waals surface area contributed by atoms with Crippen molar-refractivity contribution < 1.29 is 23.9 Å². The lowest BCUT2D eigenvalue weighted by molar-refractivity contribution is -0.118. The Bertz CT molecular complexity index is 1750. The number of hydrogen-bond acceptors (Lipinski definition) is 13. The van der Waals surface area contributed by atoms with E-state index < -0.39 is 0 Å². The number of hydrogen-bond donors (Lipinski definition) is 2. The Morgan fingerprint density at radius 2 is 1.10 bits per heavy atom. The SMILES string of the molecule is CN(C)C=O.O=C(COc1ccc(Br)cc1)Nc1nc(-c2cccs2)ns1.O=C(COc1ccc(Br)cc1)Nc1nc(-c2cccs2)ns1. The first-order valence-corrected chi connectivity index (χ1v) is 18.8. The van der Waals surface area contributed by atoms with E-state index in [2.05, 4.69) is 61.2 Å². The first-order valence-electron chi connectivity index (χ1n) is 13.9. The molecule has 3 amide bonds. The van der Waals surface area contributed by atoms with Gasteiger partial charge in [-0.3, -0.25) is 25.0 Å². The third kappa shape index (κ3) is 13.4. The predicted octanol–water partition coefficient (Wildman–Crippen LogP) is 7.80. The zero-order valence-corrected chi connectivity index (χ0v) is 32.2. The molecule has 2 aromatic carbocycles. The van der Waals surface area contributed by atoms with Gasteiger partial charge < -0.3 is 14.4 Å². The van der Waals surface area contributed by atoms with Crippen LogP contribution in [0.15, 0.2) is 92.5 Å². The van der Waals surface area contributed by atoms with Gasteiger partial charge in [-0.1, -0.05) is 44.0 Å². The van der Waals surface area contributed by atoms with E-state index in [0.29, 0.717) is 33.4 Å². The molecule has 0 aliphatic rings. The fourth-order valence-electron chi connectivity index (χ4n) is 3.23. The van der Waals surface area contributed by atoms with Gasteiger partial charge in [0.05, 0.1) is 9.75 Å². The van der Waals surface area contributed by atoms with E-state index >= 15 is 0 Å². The summed E-state index contributed by atoms with van der Waals surface area (Å²) >= 11 is 12.1. The van der Waals surface area contributed by atoms with E-state index in [9.17, 15) is 14.4 Å². The molecule has 2 N–H and O–H groups in total. The summed E-state index contributed by atoms with van der Waals surface area (Å²) in [5.41, 5.74) is 0. The normalized spacial score (nSPS) is 10.0. The number of carbonyl (C=O) groups is 3. The number of nitrogens with zero attached hydrogens (tertiary/aromatic N) is 5. The molecule has 0 unspecified atom stereocenters. The largest absolute Gasteiger partial charge is 0.484 e. The molecule has 12 nitrogen and oxygen atoms in total. The molecular weight excluding hydrogens is 838 g/mol. The summed E-state index contributed by atoms with van der Waals surface area (Å²) in [5, 5.41) is 10.2. The maximum absolute atomic E-state index is 11.8. The van der Waals surface area contributed by atoms with Gasteiger partial charge in [-0.15, -0.1) is 22.7 Å². The molecule has 6 rings (SSSR count). The number of benzene rings is 2. The standard InChI is InChI=1S/2C14H10BrN3O2S2.C3H7NO/c2*15-9-3-5-10(6-4-9)20-8-12(19)16-14-17-13(18-22-14)11-2-1-7-21-11;1-4(2)3-5/h2*1-7H,8H2,(H,16,17,18,19);3H,1-2H3. The zero-order chi connectivity index (χ0) is 35.0. The highest BCUT2D eigenvalue weighted by Crippen LogP contribution is 2.26. The van der Waals surface area contributed by atoms with Crippen LogP contribution in [-0.4, -0.2) is 69.1 Å². The summed E-state index contributed by atoms with van der Waals surface area (Å²) < 4.78 is 21.2. The Hall–Kier alpha value is -4.07. The smallest absolute Gasteiger partial charge is 0.264 e. The van der Waals surface area contributed by atoms with Gasteiger partial charge >= 0.3 is 0 Å². The number of carbonyl (C=O) groups excluding carboxylic acids is 3. The molecule has 254 valence electrons. The Balaban J connectivity index is 0.000000194. The summed E-state index contributed by atoms with van der Waals surface area (Å²) in [6.45, 7) is -0.148. The second-order valence-electron chi connectivity index (χ2n) is 9.45. The third-order valence-electron chi connectivity index (χ3n) is 5.41. The van der Waals surface area contributed by atoms with Crippen LogP contribution in [0, 0.1) is 0 Å². The van der Waals surface area contributed by atoms with E-state index in [1.165, 1.54) is 4.90 Å². The molecule has 4 heterocycles. The highest BCUT2D eigenvalue weighted by Gasteiger charge is 2.12. The third-order valence-corrected chi connectivity index (χ3v) is 9.46. The van der Waals surface area contributed by atoms with Crippen LogP contribution >= 0.6 is 77.6 Å². The molecule has 18 heteroatoms. The summed E-state index contributed by atoms with van der Waals surface area (Å²) in [7, 11) is 3.38. The average molecular weight is 866 g/mol. The van der Waals surface area contributed by atoms with Gasteiger partial charge in [0.2, 0.25) is 16.7 Å². The molecule has 0 radical (unpaired) electrons. The Labute approximate surface area is 314 Å². The maximum atomic E-state index is 11.8.